The van der Waals surface area contributed by atoms with Crippen LogP contribution in [-0.2, 0) is 32.5 Å². The SMILES string of the molecule is CCCCCCCCCCCCCCCCN(CCCCCCCCCCCCCCCC)C(=O)COCCOCCCC(=O)C(N)Cc1cncn1C. The van der Waals surface area contributed by atoms with Gasteiger partial charge in [0.15, 0.2) is 0 Å². The van der Waals surface area contributed by atoms with Gasteiger partial charge in [-0.1, -0.05) is 181 Å². The Hall–Kier alpha value is -1.77. The summed E-state index contributed by atoms with van der Waals surface area (Å²) in [4.78, 5) is 31.7. The molecule has 0 saturated carbocycles. The molecule has 0 spiro atoms. The van der Waals surface area contributed by atoms with Gasteiger partial charge in [0, 0.05) is 51.5 Å². The molecule has 0 aliphatic heterocycles. The summed E-state index contributed by atoms with van der Waals surface area (Å²) < 4.78 is 13.3. The highest BCUT2D eigenvalue weighted by Crippen LogP contribution is 2.15. The van der Waals surface area contributed by atoms with Gasteiger partial charge in [-0.15, -0.1) is 0 Å². The molecule has 1 amide bonds. The van der Waals surface area contributed by atoms with Crippen molar-refractivity contribution in [2.45, 2.75) is 219 Å². The normalized spacial score (nSPS) is 12.1. The van der Waals surface area contributed by atoms with Crippen molar-refractivity contribution >= 4 is 11.7 Å². The maximum absolute atomic E-state index is 13.2. The monoisotopic (exact) mass is 761 g/mol. The van der Waals surface area contributed by atoms with Crippen LogP contribution in [0.25, 0.3) is 0 Å². The molecule has 0 aliphatic carbocycles. The zero-order valence-corrected chi connectivity index (χ0v) is 35.9. The van der Waals surface area contributed by atoms with Crippen LogP contribution in [0.1, 0.15) is 212 Å². The number of rotatable bonds is 42. The number of aromatic nitrogens is 2. The van der Waals surface area contributed by atoms with E-state index in [-0.39, 0.29) is 18.3 Å². The second-order valence-corrected chi connectivity index (χ2v) is 16.1. The molecule has 1 aromatic rings. The minimum Gasteiger partial charge on any atom is -0.379 e. The van der Waals surface area contributed by atoms with E-state index in [9.17, 15) is 9.59 Å². The highest BCUT2D eigenvalue weighted by molar-refractivity contribution is 5.84. The van der Waals surface area contributed by atoms with Crippen molar-refractivity contribution < 1.29 is 19.1 Å². The van der Waals surface area contributed by atoms with E-state index in [1.165, 1.54) is 167 Å². The van der Waals surface area contributed by atoms with Gasteiger partial charge >= 0.3 is 0 Å². The summed E-state index contributed by atoms with van der Waals surface area (Å²) in [5.41, 5.74) is 7.06. The molecule has 0 aliphatic rings. The highest BCUT2D eigenvalue weighted by Gasteiger charge is 2.16. The molecule has 0 bridgehead atoms. The lowest BCUT2D eigenvalue weighted by atomic mass is 10.0. The van der Waals surface area contributed by atoms with Crippen LogP contribution in [0, 0.1) is 0 Å². The Bertz CT molecular complexity index is 938. The third kappa shape index (κ3) is 30.4. The van der Waals surface area contributed by atoms with Crippen LogP contribution >= 0.6 is 0 Å². The molecule has 8 nitrogen and oxygen atoms in total. The van der Waals surface area contributed by atoms with E-state index >= 15 is 0 Å². The number of amides is 1. The van der Waals surface area contributed by atoms with Gasteiger partial charge < -0.3 is 24.7 Å². The Balaban J connectivity index is 2.21. The highest BCUT2D eigenvalue weighted by atomic mass is 16.5. The number of unbranched alkanes of at least 4 members (excludes halogenated alkanes) is 26. The first kappa shape index (κ1) is 50.2. The van der Waals surface area contributed by atoms with Gasteiger partial charge in [-0.2, -0.15) is 0 Å². The Kier molecular flexibility index (Phi) is 35.5. The quantitative estimate of drug-likeness (QED) is 0.0666. The van der Waals surface area contributed by atoms with Gasteiger partial charge in [-0.25, -0.2) is 4.98 Å². The van der Waals surface area contributed by atoms with Crippen molar-refractivity contribution in [1.29, 1.82) is 0 Å². The van der Waals surface area contributed by atoms with E-state index in [1.807, 2.05) is 11.6 Å². The number of Topliss-reactive ketones (excluding diaryl/α,β-unsaturated/α-hetero) is 1. The number of carbonyl (C=O) groups excluding carboxylic acids is 2. The summed E-state index contributed by atoms with van der Waals surface area (Å²) in [5.74, 6) is 0.145. The number of nitrogens with two attached hydrogens (primary N) is 1. The van der Waals surface area contributed by atoms with E-state index < -0.39 is 6.04 Å². The maximum atomic E-state index is 13.2. The minimum atomic E-state index is -0.522. The van der Waals surface area contributed by atoms with Crippen LogP contribution < -0.4 is 5.73 Å². The van der Waals surface area contributed by atoms with Gasteiger partial charge in [-0.05, 0) is 19.3 Å². The summed E-state index contributed by atoms with van der Waals surface area (Å²) in [6, 6.07) is -0.522. The fourth-order valence-electron chi connectivity index (χ4n) is 7.28. The number of hydrogen-bond acceptors (Lipinski definition) is 6. The second kappa shape index (κ2) is 38.1. The number of hydrogen-bond donors (Lipinski definition) is 1. The van der Waals surface area contributed by atoms with Crippen LogP contribution in [0.4, 0.5) is 0 Å². The molecule has 1 heterocycles. The van der Waals surface area contributed by atoms with Crippen molar-refractivity contribution in [2.24, 2.45) is 12.8 Å². The smallest absolute Gasteiger partial charge is 0.248 e. The van der Waals surface area contributed by atoms with Gasteiger partial charge in [0.05, 0.1) is 25.6 Å². The summed E-state index contributed by atoms with van der Waals surface area (Å²) >= 11 is 0. The number of ketones is 1. The fourth-order valence-corrected chi connectivity index (χ4v) is 7.28. The van der Waals surface area contributed by atoms with Crippen LogP contribution in [0.2, 0.25) is 0 Å². The molecule has 0 radical (unpaired) electrons. The molecular weight excluding hydrogens is 673 g/mol. The zero-order chi connectivity index (χ0) is 39.2. The van der Waals surface area contributed by atoms with Crippen LogP contribution in [0.3, 0.4) is 0 Å². The molecule has 2 N–H and O–H groups in total. The Morgan fingerprint density at radius 2 is 1.02 bits per heavy atom. The van der Waals surface area contributed by atoms with Gasteiger partial charge in [0.25, 0.3) is 0 Å². The van der Waals surface area contributed by atoms with Gasteiger partial charge in [0.2, 0.25) is 5.91 Å². The lowest BCUT2D eigenvalue weighted by Gasteiger charge is -2.23. The first-order valence-electron chi connectivity index (χ1n) is 23.2. The van der Waals surface area contributed by atoms with Gasteiger partial charge in [0.1, 0.15) is 12.4 Å². The average molecular weight is 761 g/mol. The number of ether oxygens (including phenoxy) is 2. The van der Waals surface area contributed by atoms with Crippen LogP contribution in [0.5, 0.6) is 0 Å². The number of aryl methyl sites for hydroxylation is 1. The molecule has 1 aromatic heterocycles. The van der Waals surface area contributed by atoms with Crippen molar-refractivity contribution in [3.05, 3.63) is 18.2 Å². The molecule has 1 atom stereocenters. The topological polar surface area (TPSA) is 99.7 Å². The third-order valence-corrected chi connectivity index (χ3v) is 11.0. The van der Waals surface area contributed by atoms with Crippen molar-refractivity contribution in [1.82, 2.24) is 14.5 Å². The van der Waals surface area contributed by atoms with Crippen LogP contribution in [0.15, 0.2) is 12.5 Å². The largest absolute Gasteiger partial charge is 0.379 e. The van der Waals surface area contributed by atoms with Crippen LogP contribution in [-0.4, -0.2) is 71.7 Å². The van der Waals surface area contributed by atoms with Crippen molar-refractivity contribution in [3.8, 4) is 0 Å². The summed E-state index contributed by atoms with van der Waals surface area (Å²) in [7, 11) is 1.91. The molecular formula is C46H88N4O4. The molecule has 8 heteroatoms. The first-order chi connectivity index (χ1) is 26.5. The molecule has 316 valence electrons. The first-order valence-corrected chi connectivity index (χ1v) is 23.2. The van der Waals surface area contributed by atoms with E-state index in [2.05, 4.69) is 23.7 Å². The third-order valence-electron chi connectivity index (χ3n) is 11.0. The van der Waals surface area contributed by atoms with Crippen molar-refractivity contribution in [3.63, 3.8) is 0 Å². The van der Waals surface area contributed by atoms with E-state index in [4.69, 9.17) is 15.2 Å². The number of carbonyl (C=O) groups is 2. The number of imidazole rings is 1. The Morgan fingerprint density at radius 3 is 1.43 bits per heavy atom. The minimum absolute atomic E-state index is 0.0411. The average Bonchev–Trinajstić information content (AvgIpc) is 3.58. The molecule has 0 saturated heterocycles. The molecule has 1 rings (SSSR count). The van der Waals surface area contributed by atoms with E-state index in [0.29, 0.717) is 39.1 Å². The standard InChI is InChI=1S/C46H88N4O4/c1-4-6-8-10-12-14-16-18-20-22-24-26-28-30-34-50(35-31-29-27-25-23-21-19-17-15-13-11-9-7-5-2)46(52)41-54-38-37-53-36-32-33-45(51)44(47)39-43-40-48-42-49(43)3/h40,42,44H,4-39,41,47H2,1-3H3. The second-order valence-electron chi connectivity index (χ2n) is 16.1. The Labute approximate surface area is 333 Å². The summed E-state index contributed by atoms with van der Waals surface area (Å²) in [6.45, 7) is 7.64. The fraction of sp³-hybridized carbons (Fsp3) is 0.891. The number of nitrogens with zero attached hydrogens (tertiary/aromatic N) is 3. The van der Waals surface area contributed by atoms with E-state index in [1.54, 1.807) is 12.5 Å². The molecule has 0 aromatic carbocycles. The van der Waals surface area contributed by atoms with E-state index in [0.717, 1.165) is 31.6 Å². The predicted octanol–water partition coefficient (Wildman–Crippen LogP) is 11.5. The zero-order valence-electron chi connectivity index (χ0n) is 35.9. The lowest BCUT2D eigenvalue weighted by Crippen LogP contribution is -2.36. The Morgan fingerprint density at radius 1 is 0.611 bits per heavy atom. The lowest BCUT2D eigenvalue weighted by molar-refractivity contribution is -0.137. The maximum Gasteiger partial charge on any atom is 0.248 e. The molecule has 0 fully saturated rings. The molecule has 1 unspecified atom stereocenters. The van der Waals surface area contributed by atoms with Crippen molar-refractivity contribution in [2.75, 3.05) is 39.5 Å². The summed E-state index contributed by atoms with van der Waals surface area (Å²) in [5, 5.41) is 0. The predicted molar refractivity (Wildman–Crippen MR) is 228 cm³/mol. The summed E-state index contributed by atoms with van der Waals surface area (Å²) in [6.07, 6.45) is 42.5. The van der Waals surface area contributed by atoms with Gasteiger partial charge in [-0.3, -0.25) is 9.59 Å². The molecule has 54 heavy (non-hydrogen) atoms.